The lowest BCUT2D eigenvalue weighted by molar-refractivity contribution is 0.124. The second-order valence-electron chi connectivity index (χ2n) is 6.14. The second kappa shape index (κ2) is 6.68. The summed E-state index contributed by atoms with van der Waals surface area (Å²) in [6.45, 7) is 6.30. The van der Waals surface area contributed by atoms with Gasteiger partial charge in [0.2, 0.25) is 0 Å². The van der Waals surface area contributed by atoms with Gasteiger partial charge in [0, 0.05) is 11.6 Å². The maximum atomic E-state index is 14.1. The van der Waals surface area contributed by atoms with E-state index in [1.54, 1.807) is 6.07 Å². The quantitative estimate of drug-likeness (QED) is 0.911. The van der Waals surface area contributed by atoms with Gasteiger partial charge in [-0.3, -0.25) is 4.90 Å². The molecule has 0 saturated carbocycles. The summed E-state index contributed by atoms with van der Waals surface area (Å²) < 4.78 is 14.1. The molecule has 1 heterocycles. The highest BCUT2D eigenvalue weighted by molar-refractivity contribution is 5.27. The largest absolute Gasteiger partial charge is 0.320 e. The van der Waals surface area contributed by atoms with Crippen molar-refractivity contribution in [2.24, 2.45) is 5.73 Å². The Labute approximate surface area is 122 Å². The SMILES string of the molecule is CCC(N1CCCCCC1)C(C)(N)c1ccccc1F. The number of hydrogen-bond donors (Lipinski definition) is 1. The third-order valence-corrected chi connectivity index (χ3v) is 4.61. The molecule has 1 saturated heterocycles. The molecular weight excluding hydrogens is 251 g/mol. The minimum Gasteiger partial charge on any atom is -0.320 e. The predicted octanol–water partition coefficient (Wildman–Crippen LogP) is 3.65. The Kier molecular flexibility index (Phi) is 5.17. The molecule has 0 radical (unpaired) electrons. The second-order valence-corrected chi connectivity index (χ2v) is 6.14. The zero-order valence-electron chi connectivity index (χ0n) is 12.7. The van der Waals surface area contributed by atoms with Crippen LogP contribution in [0.4, 0.5) is 4.39 Å². The number of likely N-dealkylation sites (tertiary alicyclic amines) is 1. The van der Waals surface area contributed by atoms with Gasteiger partial charge in [-0.1, -0.05) is 38.0 Å². The average Bonchev–Trinajstić information content (AvgIpc) is 2.68. The van der Waals surface area contributed by atoms with Crippen molar-refractivity contribution in [3.63, 3.8) is 0 Å². The third-order valence-electron chi connectivity index (χ3n) is 4.61. The fraction of sp³-hybridized carbons (Fsp3) is 0.647. The van der Waals surface area contributed by atoms with Crippen molar-refractivity contribution in [3.05, 3.63) is 35.6 Å². The van der Waals surface area contributed by atoms with Crippen molar-refractivity contribution in [2.75, 3.05) is 13.1 Å². The lowest BCUT2D eigenvalue weighted by Gasteiger charge is -2.41. The number of rotatable bonds is 4. The van der Waals surface area contributed by atoms with Gasteiger partial charge in [-0.2, -0.15) is 0 Å². The van der Waals surface area contributed by atoms with E-state index in [0.29, 0.717) is 5.56 Å². The molecule has 1 aromatic carbocycles. The van der Waals surface area contributed by atoms with Crippen LogP contribution in [0.5, 0.6) is 0 Å². The fourth-order valence-electron chi connectivity index (χ4n) is 3.55. The van der Waals surface area contributed by atoms with E-state index in [2.05, 4.69) is 11.8 Å². The van der Waals surface area contributed by atoms with Gasteiger partial charge in [0.1, 0.15) is 5.82 Å². The van der Waals surface area contributed by atoms with Crippen LogP contribution >= 0.6 is 0 Å². The summed E-state index contributed by atoms with van der Waals surface area (Å²) in [4.78, 5) is 2.47. The van der Waals surface area contributed by atoms with E-state index in [4.69, 9.17) is 5.73 Å². The van der Waals surface area contributed by atoms with Crippen LogP contribution in [0.3, 0.4) is 0 Å². The Morgan fingerprint density at radius 1 is 1.20 bits per heavy atom. The summed E-state index contributed by atoms with van der Waals surface area (Å²) >= 11 is 0. The maximum Gasteiger partial charge on any atom is 0.128 e. The zero-order valence-corrected chi connectivity index (χ0v) is 12.7. The van der Waals surface area contributed by atoms with E-state index >= 15 is 0 Å². The van der Waals surface area contributed by atoms with Crippen molar-refractivity contribution < 1.29 is 4.39 Å². The molecule has 1 aromatic rings. The van der Waals surface area contributed by atoms with Gasteiger partial charge < -0.3 is 5.73 Å². The molecular formula is C17H27FN2. The van der Waals surface area contributed by atoms with E-state index in [1.165, 1.54) is 31.7 Å². The molecule has 20 heavy (non-hydrogen) atoms. The van der Waals surface area contributed by atoms with Gasteiger partial charge in [0.25, 0.3) is 0 Å². The Morgan fingerprint density at radius 2 is 1.80 bits per heavy atom. The normalized spacial score (nSPS) is 22.0. The first-order chi connectivity index (χ1) is 9.57. The van der Waals surface area contributed by atoms with Crippen LogP contribution in [0.15, 0.2) is 24.3 Å². The molecule has 2 nitrogen and oxygen atoms in total. The van der Waals surface area contributed by atoms with Gasteiger partial charge in [-0.25, -0.2) is 4.39 Å². The minimum absolute atomic E-state index is 0.189. The minimum atomic E-state index is -0.648. The van der Waals surface area contributed by atoms with E-state index in [-0.39, 0.29) is 11.9 Å². The van der Waals surface area contributed by atoms with Crippen LogP contribution in [0.25, 0.3) is 0 Å². The number of hydrogen-bond acceptors (Lipinski definition) is 2. The molecule has 112 valence electrons. The van der Waals surface area contributed by atoms with Crippen LogP contribution < -0.4 is 5.73 Å². The van der Waals surface area contributed by atoms with E-state index < -0.39 is 5.54 Å². The summed E-state index contributed by atoms with van der Waals surface area (Å²) in [6.07, 6.45) is 6.00. The first kappa shape index (κ1) is 15.5. The molecule has 1 aliphatic heterocycles. The van der Waals surface area contributed by atoms with Crippen LogP contribution in [0, 0.1) is 5.82 Å². The number of nitrogens with zero attached hydrogens (tertiary/aromatic N) is 1. The molecule has 0 spiro atoms. The standard InChI is InChI=1S/C17H27FN2/c1-3-16(20-12-8-4-5-9-13-20)17(2,19)14-10-6-7-11-15(14)18/h6-7,10-11,16H,3-5,8-9,12-13,19H2,1-2H3. The third kappa shape index (κ3) is 3.21. The molecule has 3 heteroatoms. The molecule has 0 amide bonds. The van der Waals surface area contributed by atoms with E-state index in [1.807, 2.05) is 19.1 Å². The summed E-state index contributed by atoms with van der Waals surface area (Å²) in [5, 5.41) is 0. The van der Waals surface area contributed by atoms with Gasteiger partial charge in [0.15, 0.2) is 0 Å². The van der Waals surface area contributed by atoms with Gasteiger partial charge in [-0.15, -0.1) is 0 Å². The number of halogens is 1. The summed E-state index contributed by atoms with van der Waals surface area (Å²) in [7, 11) is 0. The summed E-state index contributed by atoms with van der Waals surface area (Å²) in [6, 6.07) is 7.13. The molecule has 2 rings (SSSR count). The van der Waals surface area contributed by atoms with Gasteiger partial charge in [0.05, 0.1) is 5.54 Å². The molecule has 2 atom stereocenters. The Morgan fingerprint density at radius 3 is 2.35 bits per heavy atom. The Balaban J connectivity index is 2.26. The van der Waals surface area contributed by atoms with Crippen LogP contribution in [-0.2, 0) is 5.54 Å². The molecule has 1 aliphatic rings. The van der Waals surface area contributed by atoms with E-state index in [9.17, 15) is 4.39 Å². The average molecular weight is 278 g/mol. The zero-order chi connectivity index (χ0) is 14.6. The van der Waals surface area contributed by atoms with Crippen molar-refractivity contribution in [1.29, 1.82) is 0 Å². The van der Waals surface area contributed by atoms with Crippen molar-refractivity contribution in [3.8, 4) is 0 Å². The topological polar surface area (TPSA) is 29.3 Å². The molecule has 0 bridgehead atoms. The number of nitrogens with two attached hydrogens (primary N) is 1. The summed E-state index contributed by atoms with van der Waals surface area (Å²) in [5.41, 5.74) is 6.58. The molecule has 2 N–H and O–H groups in total. The van der Waals surface area contributed by atoms with Crippen LogP contribution in [-0.4, -0.2) is 24.0 Å². The molecule has 1 fully saturated rings. The monoisotopic (exact) mass is 278 g/mol. The Hall–Kier alpha value is -0.930. The first-order valence-corrected chi connectivity index (χ1v) is 7.85. The van der Waals surface area contributed by atoms with Crippen molar-refractivity contribution >= 4 is 0 Å². The first-order valence-electron chi connectivity index (χ1n) is 7.85. The Bertz CT molecular complexity index is 423. The van der Waals surface area contributed by atoms with Gasteiger partial charge >= 0.3 is 0 Å². The lowest BCUT2D eigenvalue weighted by Crippen LogP contribution is -2.54. The predicted molar refractivity (Wildman–Crippen MR) is 82.1 cm³/mol. The highest BCUT2D eigenvalue weighted by atomic mass is 19.1. The van der Waals surface area contributed by atoms with Crippen molar-refractivity contribution in [2.45, 2.75) is 57.5 Å². The lowest BCUT2D eigenvalue weighted by atomic mass is 9.82. The van der Waals surface area contributed by atoms with E-state index in [0.717, 1.165) is 19.5 Å². The van der Waals surface area contributed by atoms with Crippen LogP contribution in [0.1, 0.15) is 51.5 Å². The highest BCUT2D eigenvalue weighted by Crippen LogP contribution is 2.30. The van der Waals surface area contributed by atoms with Crippen molar-refractivity contribution in [1.82, 2.24) is 4.90 Å². The smallest absolute Gasteiger partial charge is 0.128 e. The number of benzene rings is 1. The fourth-order valence-corrected chi connectivity index (χ4v) is 3.55. The maximum absolute atomic E-state index is 14.1. The molecule has 2 unspecified atom stereocenters. The van der Waals surface area contributed by atoms with Crippen LogP contribution in [0.2, 0.25) is 0 Å². The summed E-state index contributed by atoms with van der Waals surface area (Å²) in [5.74, 6) is -0.189. The van der Waals surface area contributed by atoms with Gasteiger partial charge in [-0.05, 0) is 45.3 Å². The highest BCUT2D eigenvalue weighted by Gasteiger charge is 2.36. The molecule has 0 aliphatic carbocycles. The molecule has 0 aromatic heterocycles.